The Morgan fingerprint density at radius 1 is 1.07 bits per heavy atom. The summed E-state index contributed by atoms with van der Waals surface area (Å²) in [6.07, 6.45) is 7.79. The molecule has 4 rings (SSSR count). The van der Waals surface area contributed by atoms with Crippen molar-refractivity contribution in [1.29, 1.82) is 0 Å². The summed E-state index contributed by atoms with van der Waals surface area (Å²) in [5.41, 5.74) is 1.84. The molecule has 0 N–H and O–H groups in total. The molecule has 156 valence electrons. The lowest BCUT2D eigenvalue weighted by Gasteiger charge is -2.33. The molecule has 29 heavy (non-hydrogen) atoms. The molecule has 1 saturated carbocycles. The molecule has 2 aliphatic heterocycles. The van der Waals surface area contributed by atoms with Crippen LogP contribution in [-0.4, -0.2) is 53.5 Å². The van der Waals surface area contributed by atoms with E-state index in [4.69, 9.17) is 0 Å². The van der Waals surface area contributed by atoms with E-state index in [1.165, 1.54) is 30.7 Å². The van der Waals surface area contributed by atoms with E-state index >= 15 is 0 Å². The number of likely N-dealkylation sites (tertiary alicyclic amines) is 1. The van der Waals surface area contributed by atoms with Crippen LogP contribution >= 0.6 is 0 Å². The van der Waals surface area contributed by atoms with Gasteiger partial charge < -0.3 is 4.90 Å². The third-order valence-electron chi connectivity index (χ3n) is 6.60. The zero-order chi connectivity index (χ0) is 20.2. The first-order valence-electron chi connectivity index (χ1n) is 11.0. The molecule has 1 aromatic carbocycles. The molecule has 0 spiro atoms. The number of halogens is 1. The SMILES string of the molecule is O=C(c1ccc(F)cc1)C1CCN(CCCN2N=C3CCCCC3CC2=O)CC1. The lowest BCUT2D eigenvalue weighted by Crippen LogP contribution is -2.40. The zero-order valence-electron chi connectivity index (χ0n) is 17.0. The van der Waals surface area contributed by atoms with Gasteiger partial charge in [-0.2, -0.15) is 5.10 Å². The smallest absolute Gasteiger partial charge is 0.243 e. The summed E-state index contributed by atoms with van der Waals surface area (Å²) in [6, 6.07) is 5.86. The number of hydrogen-bond acceptors (Lipinski definition) is 4. The highest BCUT2D eigenvalue weighted by Crippen LogP contribution is 2.29. The van der Waals surface area contributed by atoms with Gasteiger partial charge in [-0.05, 0) is 82.4 Å². The standard InChI is InChI=1S/C23H30FN3O2/c24-20-8-6-17(7-9-20)23(29)18-10-14-26(15-11-18)12-3-13-27-22(28)16-19-4-1-2-5-21(19)25-27/h6-9,18-19H,1-5,10-16H2. The Bertz CT molecular complexity index is 769. The minimum Gasteiger partial charge on any atom is -0.303 e. The summed E-state index contributed by atoms with van der Waals surface area (Å²) in [7, 11) is 0. The number of hydrogen-bond donors (Lipinski definition) is 0. The molecular weight excluding hydrogens is 369 g/mol. The quantitative estimate of drug-likeness (QED) is 0.682. The van der Waals surface area contributed by atoms with Crippen molar-refractivity contribution in [2.24, 2.45) is 16.9 Å². The fourth-order valence-electron chi connectivity index (χ4n) is 4.83. The number of ketones is 1. The van der Waals surface area contributed by atoms with E-state index in [1.54, 1.807) is 17.1 Å². The number of piperidine rings is 1. The summed E-state index contributed by atoms with van der Waals surface area (Å²) in [5.74, 6) is 0.401. The monoisotopic (exact) mass is 399 g/mol. The van der Waals surface area contributed by atoms with Crippen molar-refractivity contribution in [1.82, 2.24) is 9.91 Å². The largest absolute Gasteiger partial charge is 0.303 e. The molecule has 1 amide bonds. The number of nitrogens with zero attached hydrogens (tertiary/aromatic N) is 3. The molecule has 2 heterocycles. The molecule has 1 aliphatic carbocycles. The van der Waals surface area contributed by atoms with Crippen LogP contribution < -0.4 is 0 Å². The van der Waals surface area contributed by atoms with Gasteiger partial charge in [-0.1, -0.05) is 6.42 Å². The number of fused-ring (bicyclic) bond motifs is 1. The number of carbonyl (C=O) groups excluding carboxylic acids is 2. The second-order valence-electron chi connectivity index (χ2n) is 8.60. The summed E-state index contributed by atoms with van der Waals surface area (Å²) in [6.45, 7) is 3.39. The highest BCUT2D eigenvalue weighted by atomic mass is 19.1. The summed E-state index contributed by atoms with van der Waals surface area (Å²) < 4.78 is 13.1. The van der Waals surface area contributed by atoms with Crippen molar-refractivity contribution < 1.29 is 14.0 Å². The van der Waals surface area contributed by atoms with Crippen molar-refractivity contribution >= 4 is 17.4 Å². The molecule has 0 bridgehead atoms. The van der Waals surface area contributed by atoms with E-state index in [0.717, 1.165) is 51.7 Å². The predicted molar refractivity (Wildman–Crippen MR) is 110 cm³/mol. The van der Waals surface area contributed by atoms with Gasteiger partial charge in [0.2, 0.25) is 5.91 Å². The van der Waals surface area contributed by atoms with Gasteiger partial charge >= 0.3 is 0 Å². The second-order valence-corrected chi connectivity index (χ2v) is 8.60. The van der Waals surface area contributed by atoms with Crippen LogP contribution in [0.15, 0.2) is 29.4 Å². The van der Waals surface area contributed by atoms with Crippen LogP contribution in [0.25, 0.3) is 0 Å². The van der Waals surface area contributed by atoms with Crippen molar-refractivity contribution in [2.75, 3.05) is 26.2 Å². The van der Waals surface area contributed by atoms with Gasteiger partial charge in [0.15, 0.2) is 5.78 Å². The minimum atomic E-state index is -0.312. The van der Waals surface area contributed by atoms with Crippen molar-refractivity contribution in [3.63, 3.8) is 0 Å². The maximum atomic E-state index is 13.1. The Balaban J connectivity index is 1.21. The molecule has 1 unspecified atom stereocenters. The van der Waals surface area contributed by atoms with Gasteiger partial charge in [0.05, 0.1) is 0 Å². The number of hydrazone groups is 1. The molecule has 1 saturated heterocycles. The summed E-state index contributed by atoms with van der Waals surface area (Å²) in [5, 5.41) is 6.35. The van der Waals surface area contributed by atoms with Crippen LogP contribution in [0, 0.1) is 17.7 Å². The van der Waals surface area contributed by atoms with E-state index in [9.17, 15) is 14.0 Å². The van der Waals surface area contributed by atoms with E-state index in [2.05, 4.69) is 10.0 Å². The fourth-order valence-corrected chi connectivity index (χ4v) is 4.83. The molecule has 3 aliphatic rings. The van der Waals surface area contributed by atoms with Gasteiger partial charge in [-0.25, -0.2) is 9.40 Å². The molecule has 1 aromatic rings. The third kappa shape index (κ3) is 4.92. The van der Waals surface area contributed by atoms with Gasteiger partial charge in [0, 0.05) is 36.1 Å². The number of amides is 1. The summed E-state index contributed by atoms with van der Waals surface area (Å²) in [4.78, 5) is 27.3. The Morgan fingerprint density at radius 2 is 1.83 bits per heavy atom. The normalized spacial score (nSPS) is 23.6. The second kappa shape index (κ2) is 9.16. The Morgan fingerprint density at radius 3 is 2.59 bits per heavy atom. The van der Waals surface area contributed by atoms with Crippen molar-refractivity contribution in [3.05, 3.63) is 35.6 Å². The van der Waals surface area contributed by atoms with Crippen molar-refractivity contribution in [3.8, 4) is 0 Å². The first kappa shape index (κ1) is 20.2. The number of benzene rings is 1. The van der Waals surface area contributed by atoms with Crippen LogP contribution in [0.1, 0.15) is 61.7 Å². The average Bonchev–Trinajstić information content (AvgIpc) is 2.74. The maximum absolute atomic E-state index is 13.1. The molecule has 5 nitrogen and oxygen atoms in total. The van der Waals surface area contributed by atoms with Crippen LogP contribution in [0.5, 0.6) is 0 Å². The Labute approximate surface area is 171 Å². The zero-order valence-corrected chi connectivity index (χ0v) is 17.0. The molecule has 1 atom stereocenters. The van der Waals surface area contributed by atoms with Gasteiger partial charge in [0.1, 0.15) is 5.82 Å². The van der Waals surface area contributed by atoms with Crippen LogP contribution in [-0.2, 0) is 4.79 Å². The van der Waals surface area contributed by atoms with Gasteiger partial charge in [0.25, 0.3) is 0 Å². The average molecular weight is 400 g/mol. The predicted octanol–water partition coefficient (Wildman–Crippen LogP) is 3.89. The van der Waals surface area contributed by atoms with Crippen LogP contribution in [0.4, 0.5) is 4.39 Å². The van der Waals surface area contributed by atoms with Gasteiger partial charge in [-0.15, -0.1) is 0 Å². The van der Waals surface area contributed by atoms with Crippen LogP contribution in [0.2, 0.25) is 0 Å². The summed E-state index contributed by atoms with van der Waals surface area (Å²) >= 11 is 0. The van der Waals surface area contributed by atoms with E-state index in [0.29, 0.717) is 24.4 Å². The lowest BCUT2D eigenvalue weighted by molar-refractivity contribution is -0.133. The fraction of sp³-hybridized carbons (Fsp3) is 0.609. The first-order chi connectivity index (χ1) is 14.1. The maximum Gasteiger partial charge on any atom is 0.243 e. The van der Waals surface area contributed by atoms with E-state index < -0.39 is 0 Å². The van der Waals surface area contributed by atoms with Gasteiger partial charge in [-0.3, -0.25) is 9.59 Å². The molecule has 0 radical (unpaired) electrons. The van der Waals surface area contributed by atoms with Crippen molar-refractivity contribution in [2.45, 2.75) is 51.4 Å². The Kier molecular flexibility index (Phi) is 6.38. The van der Waals surface area contributed by atoms with E-state index in [-0.39, 0.29) is 23.4 Å². The first-order valence-corrected chi connectivity index (χ1v) is 11.0. The Hall–Kier alpha value is -2.08. The highest BCUT2D eigenvalue weighted by Gasteiger charge is 2.31. The minimum absolute atomic E-state index is 0.0232. The lowest BCUT2D eigenvalue weighted by atomic mass is 9.84. The number of carbonyl (C=O) groups is 2. The van der Waals surface area contributed by atoms with Crippen LogP contribution in [0.3, 0.4) is 0 Å². The molecule has 0 aromatic heterocycles. The topological polar surface area (TPSA) is 53.0 Å². The molecular formula is C23H30FN3O2. The number of rotatable bonds is 6. The molecule has 6 heteroatoms. The third-order valence-corrected chi connectivity index (χ3v) is 6.60. The number of Topliss-reactive ketones (excluding diaryl/α,β-unsaturated/α-hetero) is 1. The molecule has 2 fully saturated rings. The van der Waals surface area contributed by atoms with E-state index in [1.807, 2.05) is 0 Å². The highest BCUT2D eigenvalue weighted by molar-refractivity contribution is 5.98.